The Morgan fingerprint density at radius 2 is 2.25 bits per heavy atom. The second-order valence-corrected chi connectivity index (χ2v) is 5.01. The van der Waals surface area contributed by atoms with Crippen molar-refractivity contribution in [3.05, 3.63) is 23.5 Å². The highest BCUT2D eigenvalue weighted by molar-refractivity contribution is 5.97. The first-order valence-corrected chi connectivity index (χ1v) is 6.68. The maximum Gasteiger partial charge on any atom is 0.257 e. The summed E-state index contributed by atoms with van der Waals surface area (Å²) in [7, 11) is 0. The van der Waals surface area contributed by atoms with Crippen molar-refractivity contribution in [1.29, 1.82) is 0 Å². The van der Waals surface area contributed by atoms with Crippen LogP contribution in [0.3, 0.4) is 0 Å². The van der Waals surface area contributed by atoms with Gasteiger partial charge in [-0.3, -0.25) is 4.79 Å². The Hall–Kier alpha value is -1.95. The lowest BCUT2D eigenvalue weighted by Crippen LogP contribution is -2.38. The molecule has 0 aromatic carbocycles. The van der Waals surface area contributed by atoms with E-state index in [1.54, 1.807) is 11.0 Å². The summed E-state index contributed by atoms with van der Waals surface area (Å²) in [5, 5.41) is 13.5. The number of aliphatic hydroxyl groups excluding tert-OH is 1. The van der Waals surface area contributed by atoms with E-state index in [9.17, 15) is 4.79 Å². The van der Waals surface area contributed by atoms with Crippen LogP contribution in [0.15, 0.2) is 16.8 Å². The number of amides is 1. The van der Waals surface area contributed by atoms with Gasteiger partial charge < -0.3 is 14.5 Å². The number of carbonyl (C=O) groups is 1. The number of hydrogen-bond acceptors (Lipinski definition) is 5. The normalized spacial score (nSPS) is 11.2. The van der Waals surface area contributed by atoms with E-state index in [-0.39, 0.29) is 18.6 Å². The van der Waals surface area contributed by atoms with Crippen LogP contribution in [-0.4, -0.2) is 45.2 Å². The highest BCUT2D eigenvalue weighted by atomic mass is 16.5. The van der Waals surface area contributed by atoms with Crippen LogP contribution in [0.1, 0.15) is 36.3 Å². The fraction of sp³-hybridized carbons (Fsp3) is 0.500. The van der Waals surface area contributed by atoms with E-state index in [4.69, 9.17) is 9.63 Å². The van der Waals surface area contributed by atoms with Gasteiger partial charge in [0.25, 0.3) is 11.6 Å². The molecule has 0 spiro atoms. The van der Waals surface area contributed by atoms with Crippen molar-refractivity contribution in [2.45, 2.75) is 33.2 Å². The zero-order valence-corrected chi connectivity index (χ0v) is 12.0. The van der Waals surface area contributed by atoms with E-state index >= 15 is 0 Å². The van der Waals surface area contributed by atoms with Gasteiger partial charge in [-0.25, -0.2) is 4.98 Å². The maximum atomic E-state index is 12.5. The molecule has 108 valence electrons. The van der Waals surface area contributed by atoms with Gasteiger partial charge in [-0.1, -0.05) is 5.16 Å². The summed E-state index contributed by atoms with van der Waals surface area (Å²) >= 11 is 0. The zero-order chi connectivity index (χ0) is 14.7. The second kappa shape index (κ2) is 6.00. The van der Waals surface area contributed by atoms with Gasteiger partial charge >= 0.3 is 0 Å². The van der Waals surface area contributed by atoms with Crippen molar-refractivity contribution in [2.75, 3.05) is 13.2 Å². The number of pyridine rings is 1. The Morgan fingerprint density at radius 3 is 2.90 bits per heavy atom. The van der Waals surface area contributed by atoms with Crippen LogP contribution < -0.4 is 0 Å². The summed E-state index contributed by atoms with van der Waals surface area (Å²) in [4.78, 5) is 18.4. The molecule has 2 aromatic rings. The molecule has 0 fully saturated rings. The fourth-order valence-electron chi connectivity index (χ4n) is 2.06. The van der Waals surface area contributed by atoms with Crippen LogP contribution in [-0.2, 0) is 0 Å². The van der Waals surface area contributed by atoms with Gasteiger partial charge in [0.1, 0.15) is 0 Å². The molecule has 0 atom stereocenters. The number of fused-ring (bicyclic) bond motifs is 1. The number of aromatic nitrogens is 2. The van der Waals surface area contributed by atoms with Crippen LogP contribution >= 0.6 is 0 Å². The van der Waals surface area contributed by atoms with E-state index in [0.717, 1.165) is 5.39 Å². The number of aliphatic hydroxyl groups is 1. The lowest BCUT2D eigenvalue weighted by Gasteiger charge is -2.26. The lowest BCUT2D eigenvalue weighted by atomic mass is 10.1. The van der Waals surface area contributed by atoms with E-state index in [2.05, 4.69) is 10.1 Å². The Labute approximate surface area is 117 Å². The predicted molar refractivity (Wildman–Crippen MR) is 74.4 cm³/mol. The van der Waals surface area contributed by atoms with Gasteiger partial charge in [0.15, 0.2) is 0 Å². The number of aryl methyl sites for hydroxylation is 1. The van der Waals surface area contributed by atoms with Crippen LogP contribution in [0.25, 0.3) is 11.1 Å². The summed E-state index contributed by atoms with van der Waals surface area (Å²) in [5.41, 5.74) is 1.66. The highest BCUT2D eigenvalue weighted by Gasteiger charge is 2.20. The minimum Gasteiger partial charge on any atom is -0.396 e. The highest BCUT2D eigenvalue weighted by Crippen LogP contribution is 2.18. The van der Waals surface area contributed by atoms with E-state index in [1.807, 2.05) is 20.8 Å². The first kappa shape index (κ1) is 14.5. The molecule has 0 aliphatic rings. The molecule has 0 aliphatic heterocycles. The molecule has 1 amide bonds. The first-order chi connectivity index (χ1) is 9.54. The molecular weight excluding hydrogens is 258 g/mol. The molecule has 0 unspecified atom stereocenters. The third-order valence-corrected chi connectivity index (χ3v) is 3.20. The molecular formula is C14H19N3O3. The lowest BCUT2D eigenvalue weighted by molar-refractivity contribution is 0.0693. The molecule has 2 aromatic heterocycles. The number of nitrogens with zero attached hydrogens (tertiary/aromatic N) is 3. The standard InChI is InChI=1S/C14H19N3O3/c1-9(2)17(5-4-6-18)14(19)11-7-12-10(3)16-20-13(12)15-8-11/h7-9,18H,4-6H2,1-3H3. The van der Waals surface area contributed by atoms with Gasteiger partial charge in [-0.2, -0.15) is 0 Å². The predicted octanol–water partition coefficient (Wildman–Crippen LogP) is 1.76. The molecule has 20 heavy (non-hydrogen) atoms. The molecule has 0 saturated carbocycles. The average molecular weight is 277 g/mol. The van der Waals surface area contributed by atoms with Crippen molar-refractivity contribution in [3.8, 4) is 0 Å². The smallest absolute Gasteiger partial charge is 0.257 e. The summed E-state index contributed by atoms with van der Waals surface area (Å²) in [6.45, 7) is 6.30. The second-order valence-electron chi connectivity index (χ2n) is 5.01. The molecule has 2 rings (SSSR count). The van der Waals surface area contributed by atoms with Crippen LogP contribution in [0.4, 0.5) is 0 Å². The van der Waals surface area contributed by atoms with Gasteiger partial charge in [0.05, 0.1) is 16.6 Å². The topological polar surface area (TPSA) is 79.5 Å². The minimum absolute atomic E-state index is 0.0633. The van der Waals surface area contributed by atoms with E-state index in [0.29, 0.717) is 29.9 Å². The van der Waals surface area contributed by atoms with E-state index < -0.39 is 0 Å². The molecule has 0 saturated heterocycles. The van der Waals surface area contributed by atoms with Crippen molar-refractivity contribution in [1.82, 2.24) is 15.0 Å². The molecule has 0 bridgehead atoms. The van der Waals surface area contributed by atoms with Crippen LogP contribution in [0.5, 0.6) is 0 Å². The maximum absolute atomic E-state index is 12.5. The van der Waals surface area contributed by atoms with Gasteiger partial charge in [-0.15, -0.1) is 0 Å². The number of rotatable bonds is 5. The molecule has 0 radical (unpaired) electrons. The quantitative estimate of drug-likeness (QED) is 0.901. The summed E-state index contributed by atoms with van der Waals surface area (Å²) < 4.78 is 5.04. The molecule has 1 N–H and O–H groups in total. The molecule has 0 aliphatic carbocycles. The minimum atomic E-state index is -0.0940. The molecule has 6 heteroatoms. The van der Waals surface area contributed by atoms with E-state index in [1.165, 1.54) is 6.20 Å². The molecule has 2 heterocycles. The third kappa shape index (κ3) is 2.80. The summed E-state index contributed by atoms with van der Waals surface area (Å²) in [6, 6.07) is 1.82. The zero-order valence-electron chi connectivity index (χ0n) is 12.0. The van der Waals surface area contributed by atoms with Crippen molar-refractivity contribution < 1.29 is 14.4 Å². The van der Waals surface area contributed by atoms with Gasteiger partial charge in [-0.05, 0) is 33.3 Å². The Kier molecular flexibility index (Phi) is 4.34. The third-order valence-electron chi connectivity index (χ3n) is 3.20. The van der Waals surface area contributed by atoms with Crippen LogP contribution in [0.2, 0.25) is 0 Å². The largest absolute Gasteiger partial charge is 0.396 e. The Balaban J connectivity index is 2.30. The van der Waals surface area contributed by atoms with Crippen molar-refractivity contribution in [2.24, 2.45) is 0 Å². The average Bonchev–Trinajstić information content (AvgIpc) is 2.80. The van der Waals surface area contributed by atoms with Gasteiger partial charge in [0.2, 0.25) is 0 Å². The first-order valence-electron chi connectivity index (χ1n) is 6.68. The summed E-state index contributed by atoms with van der Waals surface area (Å²) in [6.07, 6.45) is 2.06. The van der Waals surface area contributed by atoms with Gasteiger partial charge in [0, 0.05) is 25.4 Å². The summed E-state index contributed by atoms with van der Waals surface area (Å²) in [5.74, 6) is -0.0940. The monoisotopic (exact) mass is 277 g/mol. The van der Waals surface area contributed by atoms with Crippen LogP contribution in [0, 0.1) is 6.92 Å². The Bertz CT molecular complexity index is 607. The fourth-order valence-corrected chi connectivity index (χ4v) is 2.06. The SMILES string of the molecule is Cc1noc2ncc(C(=O)N(CCCO)C(C)C)cc12. The Morgan fingerprint density at radius 1 is 1.50 bits per heavy atom. The molecule has 6 nitrogen and oxygen atoms in total. The van der Waals surface area contributed by atoms with Crippen molar-refractivity contribution in [3.63, 3.8) is 0 Å². The number of hydrogen-bond donors (Lipinski definition) is 1. The number of carbonyl (C=O) groups excluding carboxylic acids is 1. The van der Waals surface area contributed by atoms with Crippen molar-refractivity contribution >= 4 is 17.0 Å².